The molecule has 11 aromatic carbocycles. The summed E-state index contributed by atoms with van der Waals surface area (Å²) < 4.78 is 13.6. The quantitative estimate of drug-likeness (QED) is 0.165. The molecule has 0 amide bonds. The van der Waals surface area contributed by atoms with Crippen LogP contribution in [-0.2, 0) is 10.8 Å². The van der Waals surface area contributed by atoms with Gasteiger partial charge in [0, 0.05) is 27.0 Å². The molecule has 318 valence electrons. The highest BCUT2D eigenvalue weighted by atomic mass is 16.3. The van der Waals surface area contributed by atoms with E-state index in [0.29, 0.717) is 0 Å². The van der Waals surface area contributed by atoms with Crippen molar-refractivity contribution in [2.45, 2.75) is 24.7 Å². The monoisotopic (exact) mass is 866 g/mol. The first-order chi connectivity index (χ1) is 33.5. The second-order valence-electron chi connectivity index (χ2n) is 19.4. The molecule has 0 radical (unpaired) electrons. The molecule has 0 aliphatic heterocycles. The summed E-state index contributed by atoms with van der Waals surface area (Å²) in [6.07, 6.45) is 0. The highest BCUT2D eigenvalue weighted by Gasteiger charge is 2.47. The minimum Gasteiger partial charge on any atom is -0.456 e. The van der Waals surface area contributed by atoms with E-state index in [1.807, 2.05) is 0 Å². The zero-order chi connectivity index (χ0) is 44.9. The van der Waals surface area contributed by atoms with Crippen LogP contribution < -0.4 is 0 Å². The summed E-state index contributed by atoms with van der Waals surface area (Å²) in [6, 6.07) is 80.4. The number of rotatable bonds is 4. The van der Waals surface area contributed by atoms with E-state index in [1.165, 1.54) is 99.3 Å². The molecule has 0 atom stereocenters. The van der Waals surface area contributed by atoms with Crippen LogP contribution in [-0.4, -0.2) is 0 Å². The van der Waals surface area contributed by atoms with Gasteiger partial charge in [-0.15, -0.1) is 0 Å². The molecule has 0 N–H and O–H groups in total. The van der Waals surface area contributed by atoms with E-state index in [1.54, 1.807) is 0 Å². The Hall–Kier alpha value is -8.46. The van der Waals surface area contributed by atoms with Gasteiger partial charge in [0.2, 0.25) is 0 Å². The van der Waals surface area contributed by atoms with Gasteiger partial charge >= 0.3 is 0 Å². The molecule has 13 aromatic rings. The van der Waals surface area contributed by atoms with Crippen LogP contribution in [0.3, 0.4) is 0 Å². The Morgan fingerprint density at radius 1 is 0.294 bits per heavy atom. The number of hydrogen-bond donors (Lipinski definition) is 0. The number of hydrogen-bond acceptors (Lipinski definition) is 2. The van der Waals surface area contributed by atoms with E-state index >= 15 is 0 Å². The first-order valence-corrected chi connectivity index (χ1v) is 23.7. The number of furan rings is 2. The normalized spacial score (nSPS) is 14.3. The Balaban J connectivity index is 0.946. The molecule has 0 saturated carbocycles. The molecule has 0 spiro atoms. The first kappa shape index (κ1) is 37.7. The molecule has 0 fully saturated rings. The van der Waals surface area contributed by atoms with E-state index < -0.39 is 5.41 Å². The number of fused-ring (bicyclic) bond motifs is 16. The molecule has 0 bridgehead atoms. The minimum absolute atomic E-state index is 0.100. The molecule has 2 aliphatic rings. The van der Waals surface area contributed by atoms with Crippen LogP contribution in [0.1, 0.15) is 47.2 Å². The smallest absolute Gasteiger partial charge is 0.136 e. The molecule has 2 aromatic heterocycles. The van der Waals surface area contributed by atoms with Crippen molar-refractivity contribution in [3.8, 4) is 44.5 Å². The molecule has 2 aliphatic carbocycles. The van der Waals surface area contributed by atoms with E-state index in [2.05, 4.69) is 232 Å². The van der Waals surface area contributed by atoms with Crippen LogP contribution in [0.5, 0.6) is 0 Å². The maximum Gasteiger partial charge on any atom is 0.136 e. The molecule has 2 heteroatoms. The molecule has 0 saturated heterocycles. The van der Waals surface area contributed by atoms with E-state index in [-0.39, 0.29) is 5.41 Å². The van der Waals surface area contributed by atoms with Crippen LogP contribution in [0.15, 0.2) is 227 Å². The van der Waals surface area contributed by atoms with Crippen LogP contribution in [0.25, 0.3) is 110 Å². The summed E-state index contributed by atoms with van der Waals surface area (Å²) in [4.78, 5) is 0. The maximum atomic E-state index is 6.98. The van der Waals surface area contributed by atoms with Gasteiger partial charge in [0.1, 0.15) is 22.3 Å². The van der Waals surface area contributed by atoms with E-state index in [4.69, 9.17) is 8.83 Å². The van der Waals surface area contributed by atoms with Gasteiger partial charge in [-0.25, -0.2) is 0 Å². The van der Waals surface area contributed by atoms with E-state index in [0.717, 1.165) is 44.1 Å². The summed E-state index contributed by atoms with van der Waals surface area (Å²) in [5.41, 5.74) is 20.7. The summed E-state index contributed by atoms with van der Waals surface area (Å²) in [7, 11) is 0. The van der Waals surface area contributed by atoms with Crippen molar-refractivity contribution >= 4 is 65.4 Å². The molecule has 15 rings (SSSR count). The average Bonchev–Trinajstić information content (AvgIpc) is 4.11. The second kappa shape index (κ2) is 13.6. The van der Waals surface area contributed by atoms with Crippen molar-refractivity contribution in [2.24, 2.45) is 0 Å². The fourth-order valence-electron chi connectivity index (χ4n) is 12.9. The molecular weight excluding hydrogens is 825 g/mol. The largest absolute Gasteiger partial charge is 0.456 e. The van der Waals surface area contributed by atoms with Crippen LogP contribution >= 0.6 is 0 Å². The van der Waals surface area contributed by atoms with Crippen molar-refractivity contribution in [1.82, 2.24) is 0 Å². The third kappa shape index (κ3) is 4.81. The Kier molecular flexibility index (Phi) is 7.53. The predicted octanol–water partition coefficient (Wildman–Crippen LogP) is 17.8. The zero-order valence-corrected chi connectivity index (χ0v) is 37.6. The lowest BCUT2D eigenvalue weighted by Gasteiger charge is -2.33. The summed E-state index contributed by atoms with van der Waals surface area (Å²) in [5, 5.41) is 9.46. The van der Waals surface area contributed by atoms with Gasteiger partial charge in [-0.2, -0.15) is 0 Å². The molecule has 0 unspecified atom stereocenters. The van der Waals surface area contributed by atoms with Gasteiger partial charge in [-0.05, 0) is 136 Å². The van der Waals surface area contributed by atoms with Crippen molar-refractivity contribution in [3.05, 3.63) is 252 Å². The van der Waals surface area contributed by atoms with Crippen molar-refractivity contribution < 1.29 is 8.83 Å². The highest BCUT2D eigenvalue weighted by Crippen LogP contribution is 2.59. The Labute approximate surface area is 393 Å². The third-order valence-corrected chi connectivity index (χ3v) is 15.7. The topological polar surface area (TPSA) is 26.3 Å². The Morgan fingerprint density at radius 3 is 1.38 bits per heavy atom. The van der Waals surface area contributed by atoms with Crippen molar-refractivity contribution in [1.29, 1.82) is 0 Å². The lowest BCUT2D eigenvalue weighted by molar-refractivity contribution is 0.656. The molecule has 2 heterocycles. The van der Waals surface area contributed by atoms with Gasteiger partial charge < -0.3 is 8.83 Å². The maximum absolute atomic E-state index is 6.98. The third-order valence-electron chi connectivity index (χ3n) is 15.7. The van der Waals surface area contributed by atoms with Crippen LogP contribution in [0.4, 0.5) is 0 Å². The van der Waals surface area contributed by atoms with Crippen LogP contribution in [0.2, 0.25) is 0 Å². The standard InChI is InChI=1S/C66H42O2/c1-65(2)51-27-15-13-25-47(51)61-53(65)32-35-57-64(61)50-37-39(30-34-55(50)67-57)59-43-21-9-11-23-45(43)60(46-24-12-10-22-44(46)59)40-29-31-49-58(38-40)68-56-36-33-54-62(63(49)56)48-26-14-16-28-52(48)66(54,41-17-5-3-6-18-41)42-19-7-4-8-20-42/h3-38H,1-2H3. The SMILES string of the molecule is CC1(C)c2ccccc2-c2c1ccc1oc3ccc(-c4c5ccccc5c(-c5ccc6c(c5)oc5ccc7c(c56)-c5ccccc5C7(c5ccccc5)c5ccccc5)c5ccccc45)cc3c21. The number of benzene rings is 11. The van der Waals surface area contributed by atoms with Gasteiger partial charge in [-0.3, -0.25) is 0 Å². The van der Waals surface area contributed by atoms with Crippen molar-refractivity contribution in [3.63, 3.8) is 0 Å². The summed E-state index contributed by atoms with van der Waals surface area (Å²) in [5.74, 6) is 0. The highest BCUT2D eigenvalue weighted by molar-refractivity contribution is 6.24. The first-order valence-electron chi connectivity index (χ1n) is 23.7. The fraction of sp³-hybridized carbons (Fsp3) is 0.0606. The predicted molar refractivity (Wildman–Crippen MR) is 282 cm³/mol. The minimum atomic E-state index is -0.483. The summed E-state index contributed by atoms with van der Waals surface area (Å²) >= 11 is 0. The van der Waals surface area contributed by atoms with Gasteiger partial charge in [-0.1, -0.05) is 196 Å². The van der Waals surface area contributed by atoms with Crippen molar-refractivity contribution in [2.75, 3.05) is 0 Å². The Morgan fingerprint density at radius 2 is 0.750 bits per heavy atom. The second-order valence-corrected chi connectivity index (χ2v) is 19.4. The summed E-state index contributed by atoms with van der Waals surface area (Å²) in [6.45, 7) is 4.69. The van der Waals surface area contributed by atoms with Gasteiger partial charge in [0.05, 0.1) is 5.41 Å². The Bertz CT molecular complexity index is 4180. The lowest BCUT2D eigenvalue weighted by Crippen LogP contribution is -2.28. The van der Waals surface area contributed by atoms with Gasteiger partial charge in [0.15, 0.2) is 0 Å². The molecular formula is C66H42O2. The van der Waals surface area contributed by atoms with Gasteiger partial charge in [0.25, 0.3) is 0 Å². The molecule has 2 nitrogen and oxygen atoms in total. The van der Waals surface area contributed by atoms with Crippen LogP contribution in [0, 0.1) is 0 Å². The van der Waals surface area contributed by atoms with E-state index in [9.17, 15) is 0 Å². The molecule has 68 heavy (non-hydrogen) atoms. The lowest BCUT2D eigenvalue weighted by atomic mass is 9.67. The average molecular weight is 867 g/mol. The zero-order valence-electron chi connectivity index (χ0n) is 37.6. The fourth-order valence-corrected chi connectivity index (χ4v) is 12.9.